The maximum atomic E-state index is 11.1. The van der Waals surface area contributed by atoms with Gasteiger partial charge in [0.15, 0.2) is 0 Å². The summed E-state index contributed by atoms with van der Waals surface area (Å²) in [4.78, 5) is 11.1. The molecule has 0 spiro atoms. The van der Waals surface area contributed by atoms with Gasteiger partial charge in [-0.05, 0) is 11.3 Å². The summed E-state index contributed by atoms with van der Waals surface area (Å²) in [5.74, 6) is 2.79. The van der Waals surface area contributed by atoms with Gasteiger partial charge in [0.2, 0.25) is 5.91 Å². The highest BCUT2D eigenvalue weighted by atomic mass is 32.2. The molecule has 1 atom stereocenters. The molecule has 1 amide bonds. The summed E-state index contributed by atoms with van der Waals surface area (Å²) in [7, 11) is -2.90. The summed E-state index contributed by atoms with van der Waals surface area (Å²) in [5, 5.41) is 5.04. The first-order valence-corrected chi connectivity index (χ1v) is 5.35. The van der Waals surface area contributed by atoms with Crippen LogP contribution in [-0.4, -0.2) is 16.0 Å². The van der Waals surface area contributed by atoms with Crippen molar-refractivity contribution in [2.75, 3.05) is 0 Å². The van der Waals surface area contributed by atoms with E-state index < -0.39 is 9.89 Å². The number of carbonyl (C=O) groups excluding carboxylic acids is 1. The van der Waals surface area contributed by atoms with Crippen LogP contribution in [0.3, 0.4) is 0 Å². The molecule has 5 heteroatoms. The molecule has 0 saturated heterocycles. The van der Waals surface area contributed by atoms with Crippen LogP contribution in [0.15, 0.2) is 0 Å². The highest BCUT2D eigenvalue weighted by molar-refractivity contribution is 7.96. The Bertz CT molecular complexity index is 262. The molecule has 1 unspecified atom stereocenters. The van der Waals surface area contributed by atoms with Crippen LogP contribution in [0.4, 0.5) is 0 Å². The van der Waals surface area contributed by atoms with Crippen molar-refractivity contribution < 1.29 is 9.00 Å². The summed E-state index contributed by atoms with van der Waals surface area (Å²) in [6.45, 7) is 5.73. The highest BCUT2D eigenvalue weighted by Crippen LogP contribution is 2.17. The predicted octanol–water partition coefficient (Wildman–Crippen LogP) is 0.0439. The van der Waals surface area contributed by atoms with Crippen LogP contribution < -0.4 is 9.86 Å². The number of carbonyl (C=O) groups is 1. The van der Waals surface area contributed by atoms with Gasteiger partial charge in [-0.3, -0.25) is 9.52 Å². The lowest BCUT2D eigenvalue weighted by Gasteiger charge is -2.17. The molecule has 0 aromatic carbocycles. The van der Waals surface area contributed by atoms with E-state index in [4.69, 9.17) is 5.14 Å². The second kappa shape index (κ2) is 3.45. The van der Waals surface area contributed by atoms with Crippen molar-refractivity contribution in [3.8, 4) is 0 Å². The average molecular weight is 192 g/mol. The number of rotatable bonds is 2. The number of nitrogens with one attached hydrogen (secondary N) is 1. The van der Waals surface area contributed by atoms with Gasteiger partial charge in [-0.1, -0.05) is 20.8 Å². The second-order valence-electron chi connectivity index (χ2n) is 3.99. The van der Waals surface area contributed by atoms with Crippen LogP contribution in [0.2, 0.25) is 0 Å². The van der Waals surface area contributed by atoms with Crippen molar-refractivity contribution in [2.24, 2.45) is 10.6 Å². The van der Waals surface area contributed by atoms with Crippen LogP contribution in [-0.2, 0) is 14.7 Å². The molecule has 0 rings (SSSR count). The van der Waals surface area contributed by atoms with E-state index in [9.17, 15) is 9.00 Å². The topological polar surface area (TPSA) is 72.2 Å². The first-order valence-electron chi connectivity index (χ1n) is 3.56. The fourth-order valence-electron chi connectivity index (χ4n) is 0.710. The summed E-state index contributed by atoms with van der Waals surface area (Å²) < 4.78 is 12.9. The van der Waals surface area contributed by atoms with Crippen LogP contribution in [0.1, 0.15) is 27.2 Å². The number of amides is 1. The smallest absolute Gasteiger partial charge is 0.232 e. The van der Waals surface area contributed by atoms with Gasteiger partial charge in [0.1, 0.15) is 9.89 Å². The minimum atomic E-state index is -2.90. The van der Waals surface area contributed by atoms with Crippen molar-refractivity contribution in [3.05, 3.63) is 0 Å². The molecule has 0 bridgehead atoms. The molecular weight excluding hydrogens is 176 g/mol. The lowest BCUT2D eigenvalue weighted by atomic mass is 9.92. The quantitative estimate of drug-likeness (QED) is 0.606. The van der Waals surface area contributed by atoms with E-state index in [0.717, 1.165) is 0 Å². The Kier molecular flexibility index (Phi) is 3.29. The molecule has 0 saturated carbocycles. The third-order valence-corrected chi connectivity index (χ3v) is 1.55. The van der Waals surface area contributed by atoms with Gasteiger partial charge in [0, 0.05) is 6.42 Å². The van der Waals surface area contributed by atoms with E-state index in [2.05, 4.69) is 10.6 Å². The number of hydrogen-bond donors (Lipinski definition) is 2. The average Bonchev–Trinajstić information content (AvgIpc) is 1.49. The lowest BCUT2D eigenvalue weighted by Crippen LogP contribution is -2.37. The van der Waals surface area contributed by atoms with Crippen LogP contribution in [0.25, 0.3) is 0 Å². The molecule has 12 heavy (non-hydrogen) atoms. The molecule has 0 fully saturated rings. The molecule has 0 aromatic rings. The summed E-state index contributed by atoms with van der Waals surface area (Å²) in [6.07, 6.45) is 0.288. The molecule has 0 aliphatic carbocycles. The normalized spacial score (nSPS) is 16.7. The van der Waals surface area contributed by atoms with E-state index in [0.29, 0.717) is 0 Å². The van der Waals surface area contributed by atoms with Crippen molar-refractivity contribution >= 4 is 21.7 Å². The third-order valence-electron chi connectivity index (χ3n) is 0.977. The molecule has 4 nitrogen and oxygen atoms in total. The fraction of sp³-hybridized carbons (Fsp3) is 0.714. The molecule has 0 heterocycles. The van der Waals surface area contributed by atoms with Crippen molar-refractivity contribution in [1.29, 1.82) is 0 Å². The van der Waals surface area contributed by atoms with E-state index in [1.807, 2.05) is 20.8 Å². The Labute approximate surface area is 73.8 Å². The molecule has 72 valence electrons. The Morgan fingerprint density at radius 3 is 2.25 bits per heavy atom. The molecular formula is C7H16N2O2S. The Morgan fingerprint density at radius 1 is 1.58 bits per heavy atom. The largest absolute Gasteiger partial charge is 0.274 e. The summed E-state index contributed by atoms with van der Waals surface area (Å²) in [6, 6.07) is 0. The van der Waals surface area contributed by atoms with Crippen LogP contribution in [0.5, 0.6) is 0 Å². The molecule has 3 N–H and O–H groups in total. The number of hydrogen-bond acceptors (Lipinski definition) is 2. The van der Waals surface area contributed by atoms with Gasteiger partial charge in [0.05, 0.1) is 0 Å². The molecule has 0 aliphatic rings. The molecule has 0 aliphatic heterocycles. The van der Waals surface area contributed by atoms with Gasteiger partial charge in [-0.2, -0.15) is 0 Å². The standard InChI is InChI=1S/C7H16N2O2S/c1-7(2,3)5-6(10)9-12(4,8)11/h4-5H2,1-3H3,(H3,8,9,10,11). The van der Waals surface area contributed by atoms with Gasteiger partial charge < -0.3 is 0 Å². The number of nitrogens with two attached hydrogens (primary N) is 1. The zero-order valence-electron chi connectivity index (χ0n) is 7.72. The Balaban J connectivity index is 4.10. The maximum Gasteiger partial charge on any atom is 0.232 e. The fourth-order valence-corrected chi connectivity index (χ4v) is 1.17. The van der Waals surface area contributed by atoms with Gasteiger partial charge in [0.25, 0.3) is 0 Å². The minimum Gasteiger partial charge on any atom is -0.274 e. The van der Waals surface area contributed by atoms with E-state index in [-0.39, 0.29) is 17.7 Å². The minimum absolute atomic E-state index is 0.130. The Morgan fingerprint density at radius 2 is 2.00 bits per heavy atom. The predicted molar refractivity (Wildman–Crippen MR) is 51.7 cm³/mol. The van der Waals surface area contributed by atoms with Crippen molar-refractivity contribution in [3.63, 3.8) is 0 Å². The lowest BCUT2D eigenvalue weighted by molar-refractivity contribution is -0.120. The van der Waals surface area contributed by atoms with Gasteiger partial charge in [-0.25, -0.2) is 9.35 Å². The first-order chi connectivity index (χ1) is 5.10. The van der Waals surface area contributed by atoms with Crippen molar-refractivity contribution in [2.45, 2.75) is 27.2 Å². The van der Waals surface area contributed by atoms with Gasteiger partial charge in [-0.15, -0.1) is 0 Å². The van der Waals surface area contributed by atoms with Crippen LogP contribution >= 0.6 is 0 Å². The third kappa shape index (κ3) is 7.56. The van der Waals surface area contributed by atoms with E-state index in [1.165, 1.54) is 0 Å². The van der Waals surface area contributed by atoms with E-state index in [1.54, 1.807) is 0 Å². The zero-order chi connectivity index (χ0) is 9.99. The SMILES string of the molecule is C=S(N)(=O)NC(=O)CC(C)(C)C. The van der Waals surface area contributed by atoms with Crippen LogP contribution in [0, 0.1) is 5.41 Å². The first kappa shape index (κ1) is 11.4. The molecule has 0 radical (unpaired) electrons. The van der Waals surface area contributed by atoms with Gasteiger partial charge >= 0.3 is 0 Å². The second-order valence-corrected chi connectivity index (χ2v) is 5.65. The maximum absolute atomic E-state index is 11.1. The highest BCUT2D eigenvalue weighted by Gasteiger charge is 2.16. The zero-order valence-corrected chi connectivity index (χ0v) is 8.53. The summed E-state index contributed by atoms with van der Waals surface area (Å²) >= 11 is 0. The summed E-state index contributed by atoms with van der Waals surface area (Å²) in [5.41, 5.74) is -0.130. The Hall–Kier alpha value is -0.550. The monoisotopic (exact) mass is 192 g/mol. The molecule has 0 aromatic heterocycles. The van der Waals surface area contributed by atoms with Crippen molar-refractivity contribution in [1.82, 2.24) is 4.72 Å². The van der Waals surface area contributed by atoms with E-state index >= 15 is 0 Å².